The lowest BCUT2D eigenvalue weighted by Gasteiger charge is -2.35. The summed E-state index contributed by atoms with van der Waals surface area (Å²) in [6.07, 6.45) is 3.19. The van der Waals surface area contributed by atoms with Gasteiger partial charge in [-0.2, -0.15) is 0 Å². The van der Waals surface area contributed by atoms with Gasteiger partial charge in [0.15, 0.2) is 5.82 Å². The molecule has 1 aliphatic rings. The summed E-state index contributed by atoms with van der Waals surface area (Å²) < 4.78 is 5.37. The molecule has 1 fully saturated rings. The second kappa shape index (κ2) is 6.87. The van der Waals surface area contributed by atoms with Crippen molar-refractivity contribution in [1.82, 2.24) is 14.9 Å². The summed E-state index contributed by atoms with van der Waals surface area (Å²) in [5.74, 6) is 0.844. The Hall–Kier alpha value is -0.910. The SMILES string of the molecule is CCOCCN1CCN(c2ncncc2Cl)CC1. The molecule has 0 aliphatic carbocycles. The first-order chi connectivity index (χ1) is 8.81. The van der Waals surface area contributed by atoms with Gasteiger partial charge >= 0.3 is 0 Å². The standard InChI is InChI=1S/C12H19ClN4O/c1-2-18-8-7-16-3-5-17(6-4-16)12-11(13)9-14-10-15-12/h9-10H,2-8H2,1H3. The molecule has 0 saturated carbocycles. The van der Waals surface area contributed by atoms with Crippen LogP contribution in [0.5, 0.6) is 0 Å². The Bertz CT molecular complexity index is 369. The molecule has 1 aromatic heterocycles. The first kappa shape index (κ1) is 13.5. The molecule has 2 rings (SSSR count). The lowest BCUT2D eigenvalue weighted by Crippen LogP contribution is -2.47. The number of piperazine rings is 1. The minimum absolute atomic E-state index is 0.625. The summed E-state index contributed by atoms with van der Waals surface area (Å²) in [6.45, 7) is 8.56. The Morgan fingerprint density at radius 3 is 2.78 bits per heavy atom. The lowest BCUT2D eigenvalue weighted by molar-refractivity contribution is 0.111. The number of halogens is 1. The number of anilines is 1. The minimum atomic E-state index is 0.625. The zero-order valence-corrected chi connectivity index (χ0v) is 11.4. The highest BCUT2D eigenvalue weighted by molar-refractivity contribution is 6.32. The van der Waals surface area contributed by atoms with Gasteiger partial charge in [-0.25, -0.2) is 9.97 Å². The molecule has 1 aromatic rings. The van der Waals surface area contributed by atoms with Crippen LogP contribution in [0.4, 0.5) is 5.82 Å². The molecular formula is C12H19ClN4O. The normalized spacial score (nSPS) is 17.1. The Labute approximate surface area is 113 Å². The Morgan fingerprint density at radius 2 is 2.11 bits per heavy atom. The fraction of sp³-hybridized carbons (Fsp3) is 0.667. The second-order valence-electron chi connectivity index (χ2n) is 4.22. The smallest absolute Gasteiger partial charge is 0.150 e. The Kier molecular flexibility index (Phi) is 5.16. The van der Waals surface area contributed by atoms with Gasteiger partial charge in [0.2, 0.25) is 0 Å². The summed E-state index contributed by atoms with van der Waals surface area (Å²) in [5, 5.41) is 0.625. The van der Waals surface area contributed by atoms with E-state index in [2.05, 4.69) is 19.8 Å². The van der Waals surface area contributed by atoms with Crippen LogP contribution in [-0.2, 0) is 4.74 Å². The molecular weight excluding hydrogens is 252 g/mol. The summed E-state index contributed by atoms with van der Waals surface area (Å²) in [7, 11) is 0. The monoisotopic (exact) mass is 270 g/mol. The first-order valence-electron chi connectivity index (χ1n) is 6.32. The molecule has 0 unspecified atom stereocenters. The van der Waals surface area contributed by atoms with E-state index in [-0.39, 0.29) is 0 Å². The molecule has 0 N–H and O–H groups in total. The third kappa shape index (κ3) is 3.54. The highest BCUT2D eigenvalue weighted by Gasteiger charge is 2.19. The molecule has 0 amide bonds. The predicted octanol–water partition coefficient (Wildman–Crippen LogP) is 1.29. The molecule has 0 bridgehead atoms. The highest BCUT2D eigenvalue weighted by atomic mass is 35.5. The number of nitrogens with zero attached hydrogens (tertiary/aromatic N) is 4. The van der Waals surface area contributed by atoms with Crippen molar-refractivity contribution in [3.05, 3.63) is 17.5 Å². The van der Waals surface area contributed by atoms with Gasteiger partial charge in [0.05, 0.1) is 12.8 Å². The van der Waals surface area contributed by atoms with E-state index in [4.69, 9.17) is 16.3 Å². The summed E-state index contributed by atoms with van der Waals surface area (Å²) in [5.41, 5.74) is 0. The van der Waals surface area contributed by atoms with Crippen LogP contribution in [-0.4, -0.2) is 60.8 Å². The van der Waals surface area contributed by atoms with E-state index in [1.54, 1.807) is 12.5 Å². The molecule has 1 aliphatic heterocycles. The first-order valence-corrected chi connectivity index (χ1v) is 6.69. The molecule has 18 heavy (non-hydrogen) atoms. The van der Waals surface area contributed by atoms with Crippen LogP contribution < -0.4 is 4.90 Å². The van der Waals surface area contributed by atoms with Gasteiger partial charge in [0, 0.05) is 39.3 Å². The van der Waals surface area contributed by atoms with E-state index >= 15 is 0 Å². The Balaban J connectivity index is 1.81. The van der Waals surface area contributed by atoms with Crippen LogP contribution in [0.2, 0.25) is 5.02 Å². The third-order valence-electron chi connectivity index (χ3n) is 3.08. The van der Waals surface area contributed by atoms with Gasteiger partial charge < -0.3 is 9.64 Å². The number of ether oxygens (including phenoxy) is 1. The Morgan fingerprint density at radius 1 is 1.33 bits per heavy atom. The van der Waals surface area contributed by atoms with E-state index in [1.165, 1.54) is 0 Å². The maximum absolute atomic E-state index is 6.10. The van der Waals surface area contributed by atoms with Gasteiger partial charge in [-0.1, -0.05) is 11.6 Å². The van der Waals surface area contributed by atoms with Crippen molar-refractivity contribution < 1.29 is 4.74 Å². The maximum atomic E-state index is 6.10. The van der Waals surface area contributed by atoms with Gasteiger partial charge in [-0.15, -0.1) is 0 Å². The minimum Gasteiger partial charge on any atom is -0.380 e. The summed E-state index contributed by atoms with van der Waals surface area (Å²) in [4.78, 5) is 12.8. The van der Waals surface area contributed by atoms with E-state index in [9.17, 15) is 0 Å². The maximum Gasteiger partial charge on any atom is 0.150 e. The quantitative estimate of drug-likeness (QED) is 0.754. The topological polar surface area (TPSA) is 41.5 Å². The average Bonchev–Trinajstić information content (AvgIpc) is 2.41. The van der Waals surface area contributed by atoms with Crippen molar-refractivity contribution in [2.75, 3.05) is 50.8 Å². The van der Waals surface area contributed by atoms with Gasteiger partial charge in [0.1, 0.15) is 11.3 Å². The molecule has 100 valence electrons. The number of hydrogen-bond donors (Lipinski definition) is 0. The van der Waals surface area contributed by atoms with Crippen molar-refractivity contribution in [2.45, 2.75) is 6.92 Å². The zero-order valence-electron chi connectivity index (χ0n) is 10.7. The van der Waals surface area contributed by atoms with Crippen molar-refractivity contribution >= 4 is 17.4 Å². The van der Waals surface area contributed by atoms with E-state index < -0.39 is 0 Å². The molecule has 2 heterocycles. The fourth-order valence-electron chi connectivity index (χ4n) is 2.06. The van der Waals surface area contributed by atoms with E-state index in [0.29, 0.717) is 5.02 Å². The van der Waals surface area contributed by atoms with Crippen LogP contribution in [0.1, 0.15) is 6.92 Å². The van der Waals surface area contributed by atoms with Crippen molar-refractivity contribution in [1.29, 1.82) is 0 Å². The second-order valence-corrected chi connectivity index (χ2v) is 4.63. The van der Waals surface area contributed by atoms with Crippen molar-refractivity contribution in [3.8, 4) is 0 Å². The van der Waals surface area contributed by atoms with Gasteiger partial charge in [0.25, 0.3) is 0 Å². The van der Waals surface area contributed by atoms with E-state index in [0.717, 1.165) is 51.8 Å². The fourth-order valence-corrected chi connectivity index (χ4v) is 2.28. The van der Waals surface area contributed by atoms with Gasteiger partial charge in [-0.05, 0) is 6.92 Å². The molecule has 0 radical (unpaired) electrons. The van der Waals surface area contributed by atoms with E-state index in [1.807, 2.05) is 6.92 Å². The highest BCUT2D eigenvalue weighted by Crippen LogP contribution is 2.22. The van der Waals surface area contributed by atoms with Crippen LogP contribution in [0, 0.1) is 0 Å². The summed E-state index contributed by atoms with van der Waals surface area (Å²) >= 11 is 6.10. The van der Waals surface area contributed by atoms with Crippen LogP contribution in [0.25, 0.3) is 0 Å². The molecule has 1 saturated heterocycles. The molecule has 0 spiro atoms. The molecule has 0 aromatic carbocycles. The lowest BCUT2D eigenvalue weighted by atomic mass is 10.3. The van der Waals surface area contributed by atoms with Crippen LogP contribution in [0.15, 0.2) is 12.5 Å². The zero-order chi connectivity index (χ0) is 12.8. The largest absolute Gasteiger partial charge is 0.380 e. The molecule has 0 atom stereocenters. The third-order valence-corrected chi connectivity index (χ3v) is 3.34. The molecule has 5 nitrogen and oxygen atoms in total. The average molecular weight is 271 g/mol. The molecule has 6 heteroatoms. The predicted molar refractivity (Wildman–Crippen MR) is 72.2 cm³/mol. The number of hydrogen-bond acceptors (Lipinski definition) is 5. The number of rotatable bonds is 5. The summed E-state index contributed by atoms with van der Waals surface area (Å²) in [6, 6.07) is 0. The number of aromatic nitrogens is 2. The van der Waals surface area contributed by atoms with Crippen LogP contribution >= 0.6 is 11.6 Å². The van der Waals surface area contributed by atoms with Gasteiger partial charge in [-0.3, -0.25) is 4.90 Å². The van der Waals surface area contributed by atoms with Crippen LogP contribution in [0.3, 0.4) is 0 Å². The van der Waals surface area contributed by atoms with Crippen molar-refractivity contribution in [2.24, 2.45) is 0 Å². The van der Waals surface area contributed by atoms with Crippen molar-refractivity contribution in [3.63, 3.8) is 0 Å².